The number of hydrogen-bond acceptors (Lipinski definition) is 2. The van der Waals surface area contributed by atoms with E-state index >= 15 is 0 Å². The van der Waals surface area contributed by atoms with E-state index in [-0.39, 0.29) is 0 Å². The number of nitrogens with one attached hydrogen (secondary N) is 1. The first-order valence-electron chi connectivity index (χ1n) is 5.92. The van der Waals surface area contributed by atoms with Crippen LogP contribution in [0, 0.1) is 13.8 Å². The lowest BCUT2D eigenvalue weighted by Gasteiger charge is -2.12. The minimum Gasteiger partial charge on any atom is -0.466 e. The van der Waals surface area contributed by atoms with Crippen LogP contribution in [0.4, 0.5) is 0 Å². The largest absolute Gasteiger partial charge is 0.466 e. The van der Waals surface area contributed by atoms with Crippen LogP contribution >= 0.6 is 0 Å². The van der Waals surface area contributed by atoms with Crippen molar-refractivity contribution in [1.29, 1.82) is 0 Å². The van der Waals surface area contributed by atoms with Gasteiger partial charge in [0, 0.05) is 18.2 Å². The Morgan fingerprint density at radius 2 is 2.13 bits per heavy atom. The molecule has 1 rings (SSSR count). The fourth-order valence-corrected chi connectivity index (χ4v) is 1.76. The lowest BCUT2D eigenvalue weighted by molar-refractivity contribution is 0.479. The predicted molar refractivity (Wildman–Crippen MR) is 64.0 cm³/mol. The molecule has 0 saturated heterocycles. The number of furan rings is 1. The Morgan fingerprint density at radius 3 is 2.67 bits per heavy atom. The minimum atomic E-state index is 0.597. The van der Waals surface area contributed by atoms with Crippen LogP contribution < -0.4 is 5.32 Å². The van der Waals surface area contributed by atoms with Gasteiger partial charge < -0.3 is 9.73 Å². The summed E-state index contributed by atoms with van der Waals surface area (Å²) in [5.74, 6) is 2.05. The van der Waals surface area contributed by atoms with E-state index in [1.54, 1.807) is 0 Å². The van der Waals surface area contributed by atoms with Gasteiger partial charge in [0.15, 0.2) is 0 Å². The van der Waals surface area contributed by atoms with Crippen molar-refractivity contribution in [3.63, 3.8) is 0 Å². The second-order valence-corrected chi connectivity index (χ2v) is 4.36. The second kappa shape index (κ2) is 5.96. The van der Waals surface area contributed by atoms with Crippen molar-refractivity contribution >= 4 is 0 Å². The van der Waals surface area contributed by atoms with E-state index in [9.17, 15) is 0 Å². The number of aryl methyl sites for hydroxylation is 2. The van der Waals surface area contributed by atoms with E-state index in [2.05, 4.69) is 25.2 Å². The van der Waals surface area contributed by atoms with Crippen molar-refractivity contribution in [1.82, 2.24) is 5.32 Å². The molecule has 0 bridgehead atoms. The number of rotatable bonds is 6. The molecule has 0 amide bonds. The van der Waals surface area contributed by atoms with E-state index in [0.717, 1.165) is 18.1 Å². The fraction of sp³-hybridized carbons (Fsp3) is 0.692. The van der Waals surface area contributed by atoms with E-state index < -0.39 is 0 Å². The van der Waals surface area contributed by atoms with Crippen LogP contribution in [0.15, 0.2) is 10.5 Å². The summed E-state index contributed by atoms with van der Waals surface area (Å²) >= 11 is 0. The van der Waals surface area contributed by atoms with Gasteiger partial charge in [-0.05, 0) is 33.3 Å². The SMILES string of the molecule is CCCCC(C)NCc1cc(C)oc1C. The van der Waals surface area contributed by atoms with E-state index in [1.807, 2.05) is 13.8 Å². The molecule has 1 unspecified atom stereocenters. The molecule has 0 aliphatic carbocycles. The summed E-state index contributed by atoms with van der Waals surface area (Å²) < 4.78 is 5.49. The zero-order valence-electron chi connectivity index (χ0n) is 10.4. The summed E-state index contributed by atoms with van der Waals surface area (Å²) in [6, 6.07) is 2.72. The Labute approximate surface area is 93.1 Å². The number of unbranched alkanes of at least 4 members (excludes halogenated alkanes) is 1. The van der Waals surface area contributed by atoms with Gasteiger partial charge in [0.05, 0.1) is 0 Å². The van der Waals surface area contributed by atoms with E-state index in [4.69, 9.17) is 4.42 Å². The van der Waals surface area contributed by atoms with Crippen LogP contribution in [0.25, 0.3) is 0 Å². The smallest absolute Gasteiger partial charge is 0.105 e. The molecule has 2 heteroatoms. The lowest BCUT2D eigenvalue weighted by Crippen LogP contribution is -2.25. The molecule has 1 N–H and O–H groups in total. The average molecular weight is 209 g/mol. The first-order chi connectivity index (χ1) is 7.13. The molecule has 0 saturated carbocycles. The maximum Gasteiger partial charge on any atom is 0.105 e. The highest BCUT2D eigenvalue weighted by Crippen LogP contribution is 2.13. The molecule has 0 aliphatic rings. The topological polar surface area (TPSA) is 25.2 Å². The highest BCUT2D eigenvalue weighted by atomic mass is 16.3. The highest BCUT2D eigenvalue weighted by Gasteiger charge is 2.06. The van der Waals surface area contributed by atoms with Gasteiger partial charge in [-0.2, -0.15) is 0 Å². The summed E-state index contributed by atoms with van der Waals surface area (Å²) in [6.45, 7) is 9.43. The third-order valence-electron chi connectivity index (χ3n) is 2.78. The Bertz CT molecular complexity index is 291. The van der Waals surface area contributed by atoms with Crippen LogP contribution in [-0.4, -0.2) is 6.04 Å². The van der Waals surface area contributed by atoms with Gasteiger partial charge in [-0.25, -0.2) is 0 Å². The predicted octanol–water partition coefficient (Wildman–Crippen LogP) is 3.56. The van der Waals surface area contributed by atoms with Crippen LogP contribution in [0.5, 0.6) is 0 Å². The molecule has 0 radical (unpaired) electrons. The van der Waals surface area contributed by atoms with Crippen molar-refractivity contribution in [2.24, 2.45) is 0 Å². The maximum absolute atomic E-state index is 5.49. The molecule has 86 valence electrons. The lowest BCUT2D eigenvalue weighted by atomic mass is 10.1. The van der Waals surface area contributed by atoms with E-state index in [0.29, 0.717) is 6.04 Å². The van der Waals surface area contributed by atoms with Crippen LogP contribution in [0.2, 0.25) is 0 Å². The summed E-state index contributed by atoms with van der Waals surface area (Å²) in [4.78, 5) is 0. The third kappa shape index (κ3) is 4.08. The fourth-order valence-electron chi connectivity index (χ4n) is 1.76. The molecule has 1 heterocycles. The minimum absolute atomic E-state index is 0.597. The van der Waals surface area contributed by atoms with Gasteiger partial charge in [-0.15, -0.1) is 0 Å². The zero-order valence-corrected chi connectivity index (χ0v) is 10.4. The molecule has 0 fully saturated rings. The average Bonchev–Trinajstić information content (AvgIpc) is 2.51. The van der Waals surface area contributed by atoms with Gasteiger partial charge in [0.25, 0.3) is 0 Å². The maximum atomic E-state index is 5.49. The van der Waals surface area contributed by atoms with Crippen molar-refractivity contribution in [2.75, 3.05) is 0 Å². The van der Waals surface area contributed by atoms with Gasteiger partial charge in [-0.1, -0.05) is 19.8 Å². The van der Waals surface area contributed by atoms with Crippen molar-refractivity contribution < 1.29 is 4.42 Å². The summed E-state index contributed by atoms with van der Waals surface area (Å²) in [7, 11) is 0. The standard InChI is InChI=1S/C13H23NO/c1-5-6-7-10(2)14-9-13-8-11(3)15-12(13)4/h8,10,14H,5-7,9H2,1-4H3. The number of hydrogen-bond donors (Lipinski definition) is 1. The van der Waals surface area contributed by atoms with Crippen molar-refractivity contribution in [3.05, 3.63) is 23.2 Å². The monoisotopic (exact) mass is 209 g/mol. The molecular weight excluding hydrogens is 186 g/mol. The summed E-state index contributed by atoms with van der Waals surface area (Å²) in [6.07, 6.45) is 3.83. The van der Waals surface area contributed by atoms with Crippen LogP contribution in [0.1, 0.15) is 50.2 Å². The van der Waals surface area contributed by atoms with Crippen molar-refractivity contribution in [2.45, 2.75) is 59.5 Å². The van der Waals surface area contributed by atoms with Crippen molar-refractivity contribution in [3.8, 4) is 0 Å². The summed E-state index contributed by atoms with van der Waals surface area (Å²) in [5, 5.41) is 3.53. The second-order valence-electron chi connectivity index (χ2n) is 4.36. The van der Waals surface area contributed by atoms with Gasteiger partial charge >= 0.3 is 0 Å². The van der Waals surface area contributed by atoms with Gasteiger partial charge in [0.2, 0.25) is 0 Å². The quantitative estimate of drug-likeness (QED) is 0.775. The van der Waals surface area contributed by atoms with Gasteiger partial charge in [0.1, 0.15) is 11.5 Å². The molecule has 15 heavy (non-hydrogen) atoms. The molecule has 1 aromatic heterocycles. The Hall–Kier alpha value is -0.760. The normalized spacial score (nSPS) is 13.1. The molecule has 2 nitrogen and oxygen atoms in total. The van der Waals surface area contributed by atoms with Crippen LogP contribution in [-0.2, 0) is 6.54 Å². The molecule has 1 aromatic rings. The molecular formula is C13H23NO. The first-order valence-corrected chi connectivity index (χ1v) is 5.92. The molecule has 0 aromatic carbocycles. The first kappa shape index (κ1) is 12.3. The Kier molecular flexibility index (Phi) is 4.89. The van der Waals surface area contributed by atoms with E-state index in [1.165, 1.54) is 24.8 Å². The van der Waals surface area contributed by atoms with Gasteiger partial charge in [-0.3, -0.25) is 0 Å². The molecule has 0 aliphatic heterocycles. The Balaban J connectivity index is 2.33. The zero-order chi connectivity index (χ0) is 11.3. The highest BCUT2D eigenvalue weighted by molar-refractivity contribution is 5.19. The molecule has 0 spiro atoms. The third-order valence-corrected chi connectivity index (χ3v) is 2.78. The Morgan fingerprint density at radius 1 is 1.40 bits per heavy atom. The van der Waals surface area contributed by atoms with Crippen LogP contribution in [0.3, 0.4) is 0 Å². The molecule has 1 atom stereocenters. The summed E-state index contributed by atoms with van der Waals surface area (Å²) in [5.41, 5.74) is 1.29.